The summed E-state index contributed by atoms with van der Waals surface area (Å²) in [6, 6.07) is 3.90. The standard InChI is InChI=1S/C19H26N2O4/c1-4-23-19(22)25-18-14(3)20-21-16(18)10-13(2)11-17(21)24-12-15-8-6-5-7-9-15/h10-11,15H,4-9,12H2,1-3H3. The van der Waals surface area contributed by atoms with E-state index < -0.39 is 6.16 Å². The number of rotatable bonds is 5. The molecule has 3 rings (SSSR count). The number of ether oxygens (including phenoxy) is 3. The lowest BCUT2D eigenvalue weighted by molar-refractivity contribution is 0.104. The number of carbonyl (C=O) groups excluding carboxylic acids is 1. The van der Waals surface area contributed by atoms with Gasteiger partial charge in [-0.2, -0.15) is 9.61 Å². The first-order chi connectivity index (χ1) is 12.1. The Morgan fingerprint density at radius 3 is 2.72 bits per heavy atom. The maximum Gasteiger partial charge on any atom is 0.513 e. The molecule has 25 heavy (non-hydrogen) atoms. The molecule has 1 saturated carbocycles. The van der Waals surface area contributed by atoms with E-state index in [1.54, 1.807) is 11.4 Å². The van der Waals surface area contributed by atoms with Crippen LogP contribution < -0.4 is 9.47 Å². The van der Waals surface area contributed by atoms with E-state index in [9.17, 15) is 4.79 Å². The molecule has 1 aliphatic rings. The van der Waals surface area contributed by atoms with Crippen molar-refractivity contribution in [1.29, 1.82) is 0 Å². The van der Waals surface area contributed by atoms with E-state index in [-0.39, 0.29) is 6.61 Å². The smallest absolute Gasteiger partial charge is 0.477 e. The molecule has 0 unspecified atom stereocenters. The molecule has 136 valence electrons. The summed E-state index contributed by atoms with van der Waals surface area (Å²) < 4.78 is 18.0. The molecule has 2 aromatic rings. The second-order valence-electron chi connectivity index (χ2n) is 6.68. The van der Waals surface area contributed by atoms with Crippen molar-refractivity contribution in [2.45, 2.75) is 52.9 Å². The Morgan fingerprint density at radius 2 is 2.00 bits per heavy atom. The van der Waals surface area contributed by atoms with Crippen molar-refractivity contribution in [2.75, 3.05) is 13.2 Å². The maximum atomic E-state index is 11.7. The van der Waals surface area contributed by atoms with E-state index in [4.69, 9.17) is 14.2 Å². The van der Waals surface area contributed by atoms with Crippen molar-refractivity contribution >= 4 is 11.7 Å². The van der Waals surface area contributed by atoms with Crippen LogP contribution in [0, 0.1) is 19.8 Å². The van der Waals surface area contributed by atoms with Gasteiger partial charge < -0.3 is 14.2 Å². The van der Waals surface area contributed by atoms with Gasteiger partial charge in [0.2, 0.25) is 5.88 Å². The number of aryl methyl sites for hydroxylation is 2. The van der Waals surface area contributed by atoms with E-state index in [0.29, 0.717) is 35.4 Å². The Morgan fingerprint density at radius 1 is 1.24 bits per heavy atom. The van der Waals surface area contributed by atoms with Crippen LogP contribution in [0.25, 0.3) is 5.52 Å². The fraction of sp³-hybridized carbons (Fsp3) is 0.579. The van der Waals surface area contributed by atoms with Gasteiger partial charge in [0, 0.05) is 6.07 Å². The van der Waals surface area contributed by atoms with E-state index in [0.717, 1.165) is 5.56 Å². The van der Waals surface area contributed by atoms with Gasteiger partial charge in [-0.15, -0.1) is 0 Å². The third kappa shape index (κ3) is 4.06. The van der Waals surface area contributed by atoms with Crippen LogP contribution in [0.3, 0.4) is 0 Å². The predicted molar refractivity (Wildman–Crippen MR) is 94.4 cm³/mol. The number of hydrogen-bond donors (Lipinski definition) is 0. The molecule has 0 radical (unpaired) electrons. The van der Waals surface area contributed by atoms with Gasteiger partial charge in [-0.05, 0) is 51.2 Å². The third-order valence-electron chi connectivity index (χ3n) is 4.60. The number of aromatic nitrogens is 2. The van der Waals surface area contributed by atoms with E-state index in [2.05, 4.69) is 5.10 Å². The summed E-state index contributed by atoms with van der Waals surface area (Å²) >= 11 is 0. The number of pyridine rings is 1. The van der Waals surface area contributed by atoms with E-state index in [1.807, 2.05) is 26.0 Å². The summed E-state index contributed by atoms with van der Waals surface area (Å²) in [6.07, 6.45) is 5.64. The lowest BCUT2D eigenvalue weighted by atomic mass is 9.90. The van der Waals surface area contributed by atoms with Gasteiger partial charge in [0.25, 0.3) is 0 Å². The minimum atomic E-state index is -0.716. The van der Waals surface area contributed by atoms with Crippen LogP contribution in [0.1, 0.15) is 50.3 Å². The zero-order chi connectivity index (χ0) is 17.8. The van der Waals surface area contributed by atoms with Gasteiger partial charge in [-0.1, -0.05) is 19.3 Å². The monoisotopic (exact) mass is 346 g/mol. The molecular formula is C19H26N2O4. The highest BCUT2D eigenvalue weighted by Crippen LogP contribution is 2.30. The van der Waals surface area contributed by atoms with Gasteiger partial charge >= 0.3 is 6.16 Å². The van der Waals surface area contributed by atoms with Crippen LogP contribution in [0.5, 0.6) is 11.6 Å². The molecule has 1 aliphatic carbocycles. The number of nitrogens with zero attached hydrogens (tertiary/aromatic N) is 2. The Labute approximate surface area is 148 Å². The van der Waals surface area contributed by atoms with Crippen molar-refractivity contribution in [3.8, 4) is 11.6 Å². The molecule has 0 amide bonds. The second-order valence-corrected chi connectivity index (χ2v) is 6.68. The summed E-state index contributed by atoms with van der Waals surface area (Å²) in [4.78, 5) is 11.7. The van der Waals surface area contributed by atoms with Crippen LogP contribution >= 0.6 is 0 Å². The summed E-state index contributed by atoms with van der Waals surface area (Å²) in [5, 5.41) is 4.49. The van der Waals surface area contributed by atoms with Crippen LogP contribution in [-0.4, -0.2) is 29.0 Å². The highest BCUT2D eigenvalue weighted by Gasteiger charge is 2.20. The van der Waals surface area contributed by atoms with Gasteiger partial charge in [0.1, 0.15) is 11.2 Å². The summed E-state index contributed by atoms with van der Waals surface area (Å²) in [7, 11) is 0. The third-order valence-corrected chi connectivity index (χ3v) is 4.60. The van der Waals surface area contributed by atoms with Crippen molar-refractivity contribution in [1.82, 2.24) is 9.61 Å². The fourth-order valence-electron chi connectivity index (χ4n) is 3.36. The molecule has 0 spiro atoms. The lowest BCUT2D eigenvalue weighted by Gasteiger charge is -2.21. The molecule has 1 fully saturated rings. The first-order valence-electron chi connectivity index (χ1n) is 9.06. The van der Waals surface area contributed by atoms with Crippen molar-refractivity contribution in [3.63, 3.8) is 0 Å². The quantitative estimate of drug-likeness (QED) is 0.749. The van der Waals surface area contributed by atoms with Crippen LogP contribution in [0.4, 0.5) is 4.79 Å². The molecule has 0 aliphatic heterocycles. The lowest BCUT2D eigenvalue weighted by Crippen LogP contribution is -2.16. The topological polar surface area (TPSA) is 62.1 Å². The van der Waals surface area contributed by atoms with Crippen molar-refractivity contribution < 1.29 is 19.0 Å². The van der Waals surface area contributed by atoms with E-state index >= 15 is 0 Å². The van der Waals surface area contributed by atoms with Crippen molar-refractivity contribution in [3.05, 3.63) is 23.4 Å². The highest BCUT2D eigenvalue weighted by atomic mass is 16.7. The Balaban J connectivity index is 1.84. The molecule has 0 saturated heterocycles. The first kappa shape index (κ1) is 17.6. The van der Waals surface area contributed by atoms with Crippen LogP contribution in [0.2, 0.25) is 0 Å². The Bertz CT molecular complexity index is 747. The van der Waals surface area contributed by atoms with Gasteiger partial charge in [0.15, 0.2) is 5.75 Å². The van der Waals surface area contributed by atoms with Crippen LogP contribution in [0.15, 0.2) is 12.1 Å². The molecule has 0 N–H and O–H groups in total. The largest absolute Gasteiger partial charge is 0.513 e. The molecule has 0 aromatic carbocycles. The van der Waals surface area contributed by atoms with Crippen molar-refractivity contribution in [2.24, 2.45) is 5.92 Å². The molecule has 0 atom stereocenters. The average Bonchev–Trinajstić information content (AvgIpc) is 2.90. The SMILES string of the molecule is CCOC(=O)Oc1c(C)nn2c(OCC3CCCCC3)cc(C)cc12. The second kappa shape index (κ2) is 7.76. The normalized spacial score (nSPS) is 15.3. The zero-order valence-corrected chi connectivity index (χ0v) is 15.2. The molecular weight excluding hydrogens is 320 g/mol. The highest BCUT2D eigenvalue weighted by molar-refractivity contribution is 5.72. The molecule has 6 nitrogen and oxygen atoms in total. The molecule has 0 bridgehead atoms. The fourth-order valence-corrected chi connectivity index (χ4v) is 3.36. The van der Waals surface area contributed by atoms with Gasteiger partial charge in [0.05, 0.1) is 13.2 Å². The Hall–Kier alpha value is -2.24. The average molecular weight is 346 g/mol. The van der Waals surface area contributed by atoms with E-state index in [1.165, 1.54) is 32.1 Å². The summed E-state index contributed by atoms with van der Waals surface area (Å²) in [6.45, 7) is 6.51. The first-order valence-corrected chi connectivity index (χ1v) is 9.06. The number of hydrogen-bond acceptors (Lipinski definition) is 5. The molecule has 2 aromatic heterocycles. The predicted octanol–water partition coefficient (Wildman–Crippen LogP) is 4.45. The zero-order valence-electron chi connectivity index (χ0n) is 15.2. The number of carbonyl (C=O) groups is 1. The summed E-state index contributed by atoms with van der Waals surface area (Å²) in [5.41, 5.74) is 2.37. The van der Waals surface area contributed by atoms with Gasteiger partial charge in [-0.25, -0.2) is 4.79 Å². The maximum absolute atomic E-state index is 11.7. The molecule has 6 heteroatoms. The molecule has 2 heterocycles. The minimum absolute atomic E-state index is 0.270. The van der Waals surface area contributed by atoms with Crippen LogP contribution in [-0.2, 0) is 4.74 Å². The summed E-state index contributed by atoms with van der Waals surface area (Å²) in [5.74, 6) is 1.71. The number of fused-ring (bicyclic) bond motifs is 1. The van der Waals surface area contributed by atoms with Gasteiger partial charge in [-0.3, -0.25) is 0 Å². The minimum Gasteiger partial charge on any atom is -0.477 e. The Kier molecular flexibility index (Phi) is 5.46.